The molecule has 10 heteroatoms. The highest BCUT2D eigenvalue weighted by molar-refractivity contribution is 7.99. The van der Waals surface area contributed by atoms with Gasteiger partial charge in [-0.1, -0.05) is 42.1 Å². The number of hydrogen-bond donors (Lipinski definition) is 2. The minimum atomic E-state index is -0.683. The lowest BCUT2D eigenvalue weighted by molar-refractivity contribution is -0.145. The summed E-state index contributed by atoms with van der Waals surface area (Å²) in [5.41, 5.74) is 1.13. The molecule has 2 N–H and O–H groups in total. The molecule has 1 fully saturated rings. The lowest BCUT2D eigenvalue weighted by Crippen LogP contribution is -2.41. The van der Waals surface area contributed by atoms with Crippen molar-refractivity contribution in [2.75, 3.05) is 18.9 Å². The number of amides is 3. The summed E-state index contributed by atoms with van der Waals surface area (Å²) in [4.78, 5) is 34.8. The summed E-state index contributed by atoms with van der Waals surface area (Å²) in [7, 11) is 0. The highest BCUT2D eigenvalue weighted by atomic mass is 32.2. The Morgan fingerprint density at radius 2 is 1.97 bits per heavy atom. The number of rotatable bonds is 9. The summed E-state index contributed by atoms with van der Waals surface area (Å²) in [6.45, 7) is 2.24. The fourth-order valence-electron chi connectivity index (χ4n) is 2.64. The molecule has 29 heavy (non-hydrogen) atoms. The van der Waals surface area contributed by atoms with Gasteiger partial charge in [-0.15, -0.1) is 10.2 Å². The van der Waals surface area contributed by atoms with Crippen LogP contribution in [0.4, 0.5) is 4.79 Å². The largest absolute Gasteiger partial charge is 0.455 e. The van der Waals surface area contributed by atoms with Crippen LogP contribution in [0.3, 0.4) is 0 Å². The highest BCUT2D eigenvalue weighted by Gasteiger charge is 2.30. The Morgan fingerprint density at radius 3 is 2.66 bits per heavy atom. The maximum Gasteiger partial charge on any atom is 0.321 e. The van der Waals surface area contributed by atoms with Crippen LogP contribution in [0.1, 0.15) is 37.1 Å². The first-order valence-corrected chi connectivity index (χ1v) is 10.4. The molecule has 0 atom stereocenters. The van der Waals surface area contributed by atoms with E-state index in [-0.39, 0.29) is 5.75 Å². The minimum Gasteiger partial charge on any atom is -0.455 e. The Balaban J connectivity index is 1.53. The van der Waals surface area contributed by atoms with Gasteiger partial charge in [-0.05, 0) is 25.3 Å². The van der Waals surface area contributed by atoms with Crippen molar-refractivity contribution < 1.29 is 19.1 Å². The van der Waals surface area contributed by atoms with Gasteiger partial charge < -0.3 is 14.6 Å². The molecule has 154 valence electrons. The van der Waals surface area contributed by atoms with Gasteiger partial charge >= 0.3 is 12.0 Å². The molecule has 0 spiro atoms. The van der Waals surface area contributed by atoms with Gasteiger partial charge in [0, 0.05) is 12.5 Å². The van der Waals surface area contributed by atoms with E-state index in [1.54, 1.807) is 6.92 Å². The molecule has 0 unspecified atom stereocenters. The smallest absolute Gasteiger partial charge is 0.321 e. The van der Waals surface area contributed by atoms with Crippen LogP contribution in [-0.2, 0) is 20.9 Å². The number of imide groups is 1. The molecule has 2 aromatic rings. The lowest BCUT2D eigenvalue weighted by Gasteiger charge is -2.10. The fourth-order valence-corrected chi connectivity index (χ4v) is 3.39. The van der Waals surface area contributed by atoms with Gasteiger partial charge in [-0.3, -0.25) is 14.9 Å². The van der Waals surface area contributed by atoms with E-state index >= 15 is 0 Å². The fraction of sp³-hybridized carbons (Fsp3) is 0.421. The van der Waals surface area contributed by atoms with E-state index in [2.05, 4.69) is 20.8 Å². The Bertz CT molecular complexity index is 867. The van der Waals surface area contributed by atoms with Gasteiger partial charge in [-0.25, -0.2) is 4.79 Å². The van der Waals surface area contributed by atoms with Gasteiger partial charge in [0.15, 0.2) is 11.8 Å². The third-order valence-electron chi connectivity index (χ3n) is 4.15. The molecule has 1 saturated carbocycles. The molecule has 0 saturated heterocycles. The van der Waals surface area contributed by atoms with Crippen molar-refractivity contribution in [3.63, 3.8) is 0 Å². The number of thioether (sulfide) groups is 1. The van der Waals surface area contributed by atoms with Gasteiger partial charge in [0.05, 0.1) is 12.3 Å². The summed E-state index contributed by atoms with van der Waals surface area (Å²) in [5, 5.41) is 13.7. The number of benzene rings is 1. The third kappa shape index (κ3) is 6.31. The predicted octanol–water partition coefficient (Wildman–Crippen LogP) is 1.68. The molecule has 1 aromatic heterocycles. The van der Waals surface area contributed by atoms with E-state index in [1.165, 1.54) is 11.8 Å². The highest BCUT2D eigenvalue weighted by Crippen LogP contribution is 2.40. The molecule has 1 heterocycles. The number of urea groups is 1. The van der Waals surface area contributed by atoms with E-state index in [0.29, 0.717) is 24.2 Å². The van der Waals surface area contributed by atoms with Crippen LogP contribution in [-0.4, -0.2) is 51.6 Å². The van der Waals surface area contributed by atoms with Crippen LogP contribution in [0.2, 0.25) is 0 Å². The maximum atomic E-state index is 12.0. The van der Waals surface area contributed by atoms with E-state index in [9.17, 15) is 14.4 Å². The number of carbonyl (C=O) groups is 3. The SMILES string of the molecule is CCNC(=O)NC(=O)COC(=O)CSc1nnc(C2CC2)n1Cc1ccccc1. The average molecular weight is 417 g/mol. The van der Waals surface area contributed by atoms with Crippen molar-refractivity contribution in [1.82, 2.24) is 25.4 Å². The minimum absolute atomic E-state index is 0.00791. The number of nitrogens with zero attached hydrogens (tertiary/aromatic N) is 3. The molecular weight excluding hydrogens is 394 g/mol. The number of esters is 1. The molecule has 9 nitrogen and oxygen atoms in total. The van der Waals surface area contributed by atoms with E-state index in [0.717, 1.165) is 24.2 Å². The van der Waals surface area contributed by atoms with Gasteiger partial charge in [0.1, 0.15) is 5.82 Å². The summed E-state index contributed by atoms with van der Waals surface area (Å²) >= 11 is 1.22. The molecule has 0 bridgehead atoms. The number of carbonyl (C=O) groups excluding carboxylic acids is 3. The summed E-state index contributed by atoms with van der Waals surface area (Å²) < 4.78 is 6.95. The number of ether oxygens (including phenoxy) is 1. The van der Waals surface area contributed by atoms with Gasteiger partial charge in [-0.2, -0.15) is 0 Å². The van der Waals surface area contributed by atoms with E-state index in [1.807, 2.05) is 34.9 Å². The molecule has 1 aromatic carbocycles. The van der Waals surface area contributed by atoms with Crippen LogP contribution >= 0.6 is 11.8 Å². The molecule has 3 amide bonds. The monoisotopic (exact) mass is 417 g/mol. The molecule has 1 aliphatic carbocycles. The molecule has 0 aliphatic heterocycles. The Labute approximate surface area is 172 Å². The zero-order valence-electron chi connectivity index (χ0n) is 16.1. The third-order valence-corrected chi connectivity index (χ3v) is 5.09. The van der Waals surface area contributed by atoms with Crippen molar-refractivity contribution in [2.45, 2.75) is 37.4 Å². The number of nitrogens with one attached hydrogen (secondary N) is 2. The van der Waals surface area contributed by atoms with Crippen LogP contribution < -0.4 is 10.6 Å². The summed E-state index contributed by atoms with van der Waals surface area (Å²) in [6, 6.07) is 9.37. The molecule has 0 radical (unpaired) electrons. The molecule has 3 rings (SSSR count). The predicted molar refractivity (Wildman–Crippen MR) is 106 cm³/mol. The maximum absolute atomic E-state index is 12.0. The quantitative estimate of drug-likeness (QED) is 0.471. The standard InChI is InChI=1S/C19H23N5O4S/c1-2-20-18(27)21-15(25)11-28-16(26)12-29-19-23-22-17(14-8-9-14)24(19)10-13-6-4-3-5-7-13/h3-7,14H,2,8-12H2,1H3,(H2,20,21,25,27). The lowest BCUT2D eigenvalue weighted by atomic mass is 10.2. The normalized spacial score (nSPS) is 13.0. The zero-order chi connectivity index (χ0) is 20.6. The van der Waals surface area contributed by atoms with E-state index in [4.69, 9.17) is 4.74 Å². The van der Waals surface area contributed by atoms with Crippen molar-refractivity contribution in [3.8, 4) is 0 Å². The summed E-state index contributed by atoms with van der Waals surface area (Å²) in [5.74, 6) is 0.101. The van der Waals surface area contributed by atoms with Gasteiger partial charge in [0.25, 0.3) is 5.91 Å². The Hall–Kier alpha value is -2.88. The second kappa shape index (κ2) is 10.1. The summed E-state index contributed by atoms with van der Waals surface area (Å²) in [6.07, 6.45) is 2.20. The average Bonchev–Trinajstić information content (AvgIpc) is 3.47. The van der Waals surface area contributed by atoms with Crippen molar-refractivity contribution in [2.24, 2.45) is 0 Å². The molecule has 1 aliphatic rings. The van der Waals surface area contributed by atoms with Crippen LogP contribution in [0.25, 0.3) is 0 Å². The Morgan fingerprint density at radius 1 is 1.21 bits per heavy atom. The first-order chi connectivity index (χ1) is 14.1. The van der Waals surface area contributed by atoms with E-state index < -0.39 is 24.5 Å². The molecular formula is C19H23N5O4S. The number of aromatic nitrogens is 3. The van der Waals surface area contributed by atoms with Crippen LogP contribution in [0.5, 0.6) is 0 Å². The topological polar surface area (TPSA) is 115 Å². The first-order valence-electron chi connectivity index (χ1n) is 9.40. The van der Waals surface area contributed by atoms with Crippen molar-refractivity contribution in [3.05, 3.63) is 41.7 Å². The first kappa shape index (κ1) is 20.8. The van der Waals surface area contributed by atoms with Crippen molar-refractivity contribution in [1.29, 1.82) is 0 Å². The van der Waals surface area contributed by atoms with Crippen LogP contribution in [0, 0.1) is 0 Å². The Kier molecular flexibility index (Phi) is 7.23. The second-order valence-electron chi connectivity index (χ2n) is 6.54. The second-order valence-corrected chi connectivity index (χ2v) is 7.49. The van der Waals surface area contributed by atoms with Crippen LogP contribution in [0.15, 0.2) is 35.5 Å². The van der Waals surface area contributed by atoms with Gasteiger partial charge in [0.2, 0.25) is 0 Å². The zero-order valence-corrected chi connectivity index (χ0v) is 16.9. The number of hydrogen-bond acceptors (Lipinski definition) is 7. The van der Waals surface area contributed by atoms with Crippen molar-refractivity contribution >= 4 is 29.7 Å².